The fourth-order valence-electron chi connectivity index (χ4n) is 1.85. The molecule has 0 unspecified atom stereocenters. The van der Waals surface area contributed by atoms with Gasteiger partial charge in [-0.05, 0) is 31.0 Å². The number of hydrogen-bond donors (Lipinski definition) is 3. The molecule has 1 aromatic carbocycles. The van der Waals surface area contributed by atoms with E-state index in [9.17, 15) is 0 Å². The number of hydrogen-bond acceptors (Lipinski definition) is 6. The van der Waals surface area contributed by atoms with Crippen molar-refractivity contribution in [2.45, 2.75) is 20.5 Å². The molecule has 0 atom stereocenters. The van der Waals surface area contributed by atoms with E-state index >= 15 is 0 Å². The molecule has 0 saturated carbocycles. The van der Waals surface area contributed by atoms with Gasteiger partial charge in [-0.15, -0.1) is 0 Å². The number of benzene rings is 1. The van der Waals surface area contributed by atoms with Gasteiger partial charge in [-0.1, -0.05) is 12.1 Å². The number of nitrogens with one attached hydrogen (secondary N) is 2. The minimum absolute atomic E-state index is 0.330. The summed E-state index contributed by atoms with van der Waals surface area (Å²) in [5.41, 5.74) is 5.94. The van der Waals surface area contributed by atoms with Gasteiger partial charge < -0.3 is 15.5 Å². The van der Waals surface area contributed by atoms with Gasteiger partial charge in [0.2, 0.25) is 0 Å². The molecule has 0 radical (unpaired) electrons. The van der Waals surface area contributed by atoms with Crippen LogP contribution in [-0.4, -0.2) is 17.1 Å². The summed E-state index contributed by atoms with van der Waals surface area (Å²) in [6.45, 7) is 4.47. The summed E-state index contributed by atoms with van der Waals surface area (Å²) in [5, 5.41) is 3.28. The molecule has 20 heavy (non-hydrogen) atoms. The third-order valence-electron chi connectivity index (χ3n) is 3.06. The van der Waals surface area contributed by atoms with Gasteiger partial charge in [-0.2, -0.15) is 0 Å². The van der Waals surface area contributed by atoms with Crippen LogP contribution in [-0.2, 0) is 11.3 Å². The highest BCUT2D eigenvalue weighted by molar-refractivity contribution is 5.63. The van der Waals surface area contributed by atoms with Gasteiger partial charge in [0.05, 0.1) is 0 Å². The predicted octanol–water partition coefficient (Wildman–Crippen LogP) is 2.27. The first-order valence-electron chi connectivity index (χ1n) is 6.30. The maximum Gasteiger partial charge on any atom is 0.158 e. The minimum Gasteiger partial charge on any atom is -0.377 e. The molecular formula is C14H19N5O. The number of nitrogens with two attached hydrogens (primary N) is 1. The molecule has 0 aliphatic heterocycles. The Morgan fingerprint density at radius 3 is 2.65 bits per heavy atom. The van der Waals surface area contributed by atoms with Gasteiger partial charge in [-0.3, -0.25) is 0 Å². The number of aryl methyl sites for hydroxylation is 1. The second kappa shape index (κ2) is 6.31. The van der Waals surface area contributed by atoms with Crippen molar-refractivity contribution in [2.75, 3.05) is 17.9 Å². The second-order valence-electron chi connectivity index (χ2n) is 4.50. The van der Waals surface area contributed by atoms with Gasteiger partial charge in [0.15, 0.2) is 5.82 Å². The minimum atomic E-state index is 0.330. The van der Waals surface area contributed by atoms with Crippen LogP contribution in [0.4, 0.5) is 17.3 Å². The molecule has 6 heteroatoms. The number of hydrazine groups is 1. The highest BCUT2D eigenvalue weighted by atomic mass is 16.5. The molecule has 2 aromatic rings. The Bertz CT molecular complexity index is 600. The standard InChI is InChI=1S/C14H19N5O/c1-9-5-4-6-11(10(9)2)16-12-7-13(19-15)18-14(17-12)8-20-3/h4-7H,8,15H2,1-3H3,(H2,16,17,18,19). The van der Waals surface area contributed by atoms with Crippen LogP contribution in [0.1, 0.15) is 17.0 Å². The smallest absolute Gasteiger partial charge is 0.158 e. The molecule has 4 N–H and O–H groups in total. The topological polar surface area (TPSA) is 85.1 Å². The van der Waals surface area contributed by atoms with Crippen molar-refractivity contribution in [3.05, 3.63) is 41.2 Å². The molecule has 2 rings (SSSR count). The third kappa shape index (κ3) is 3.23. The Labute approximate surface area is 118 Å². The van der Waals surface area contributed by atoms with Crippen molar-refractivity contribution in [3.63, 3.8) is 0 Å². The fourth-order valence-corrected chi connectivity index (χ4v) is 1.85. The molecule has 0 spiro atoms. The van der Waals surface area contributed by atoms with Crippen molar-refractivity contribution in [3.8, 4) is 0 Å². The van der Waals surface area contributed by atoms with E-state index < -0.39 is 0 Å². The van der Waals surface area contributed by atoms with Crippen LogP contribution < -0.4 is 16.6 Å². The van der Waals surface area contributed by atoms with Crippen LogP contribution in [0.2, 0.25) is 0 Å². The van der Waals surface area contributed by atoms with Gasteiger partial charge in [-0.25, -0.2) is 15.8 Å². The van der Waals surface area contributed by atoms with Crippen LogP contribution in [0.25, 0.3) is 0 Å². The molecular weight excluding hydrogens is 254 g/mol. The van der Waals surface area contributed by atoms with Crippen LogP contribution in [0, 0.1) is 13.8 Å². The zero-order chi connectivity index (χ0) is 14.5. The molecule has 106 valence electrons. The number of nitrogens with zero attached hydrogens (tertiary/aromatic N) is 2. The van der Waals surface area contributed by atoms with Gasteiger partial charge in [0.1, 0.15) is 18.2 Å². The zero-order valence-electron chi connectivity index (χ0n) is 11.9. The number of aromatic nitrogens is 2. The quantitative estimate of drug-likeness (QED) is 0.572. The Kier molecular flexibility index (Phi) is 4.49. The summed E-state index contributed by atoms with van der Waals surface area (Å²) >= 11 is 0. The number of methoxy groups -OCH3 is 1. The first-order valence-corrected chi connectivity index (χ1v) is 6.30. The normalized spacial score (nSPS) is 10.4. The van der Waals surface area contributed by atoms with E-state index in [1.54, 1.807) is 13.2 Å². The van der Waals surface area contributed by atoms with Crippen molar-refractivity contribution >= 4 is 17.3 Å². The Balaban J connectivity index is 2.32. The zero-order valence-corrected chi connectivity index (χ0v) is 11.9. The van der Waals surface area contributed by atoms with Crippen LogP contribution in [0.3, 0.4) is 0 Å². The molecule has 1 heterocycles. The Hall–Kier alpha value is -2.18. The summed E-state index contributed by atoms with van der Waals surface area (Å²) in [4.78, 5) is 8.61. The number of ether oxygens (including phenoxy) is 1. The van der Waals surface area contributed by atoms with E-state index in [4.69, 9.17) is 10.6 Å². The average molecular weight is 273 g/mol. The summed E-state index contributed by atoms with van der Waals surface area (Å²) in [6, 6.07) is 7.84. The summed E-state index contributed by atoms with van der Waals surface area (Å²) in [6.07, 6.45) is 0. The number of rotatable bonds is 5. The molecule has 0 saturated heterocycles. The first kappa shape index (κ1) is 14.2. The molecule has 0 aliphatic rings. The van der Waals surface area contributed by atoms with Crippen molar-refractivity contribution in [1.29, 1.82) is 0 Å². The fraction of sp³-hybridized carbons (Fsp3) is 0.286. The van der Waals surface area contributed by atoms with E-state index in [2.05, 4.69) is 40.6 Å². The van der Waals surface area contributed by atoms with Crippen LogP contribution in [0.15, 0.2) is 24.3 Å². The van der Waals surface area contributed by atoms with E-state index in [0.717, 1.165) is 5.69 Å². The molecule has 6 nitrogen and oxygen atoms in total. The number of anilines is 3. The lowest BCUT2D eigenvalue weighted by Crippen LogP contribution is -2.12. The van der Waals surface area contributed by atoms with E-state index in [0.29, 0.717) is 24.1 Å². The van der Waals surface area contributed by atoms with Gasteiger partial charge >= 0.3 is 0 Å². The van der Waals surface area contributed by atoms with Crippen molar-refractivity contribution in [1.82, 2.24) is 9.97 Å². The summed E-state index contributed by atoms with van der Waals surface area (Å²) in [5.74, 6) is 7.20. The van der Waals surface area contributed by atoms with Crippen molar-refractivity contribution < 1.29 is 4.74 Å². The molecule has 0 bridgehead atoms. The summed E-state index contributed by atoms with van der Waals surface area (Å²) < 4.78 is 5.05. The Morgan fingerprint density at radius 2 is 1.95 bits per heavy atom. The molecule has 1 aromatic heterocycles. The summed E-state index contributed by atoms with van der Waals surface area (Å²) in [7, 11) is 1.60. The molecule has 0 amide bonds. The predicted molar refractivity (Wildman–Crippen MR) is 79.8 cm³/mol. The van der Waals surface area contributed by atoms with Gasteiger partial charge in [0.25, 0.3) is 0 Å². The van der Waals surface area contributed by atoms with Crippen LogP contribution >= 0.6 is 0 Å². The largest absolute Gasteiger partial charge is 0.377 e. The first-order chi connectivity index (χ1) is 9.63. The SMILES string of the molecule is COCc1nc(NN)cc(Nc2cccc(C)c2C)n1. The Morgan fingerprint density at radius 1 is 1.20 bits per heavy atom. The maximum atomic E-state index is 5.42. The van der Waals surface area contributed by atoms with E-state index in [1.165, 1.54) is 11.1 Å². The van der Waals surface area contributed by atoms with Crippen molar-refractivity contribution in [2.24, 2.45) is 5.84 Å². The highest BCUT2D eigenvalue weighted by Crippen LogP contribution is 2.22. The lowest BCUT2D eigenvalue weighted by atomic mass is 10.1. The maximum absolute atomic E-state index is 5.42. The monoisotopic (exact) mass is 273 g/mol. The second-order valence-corrected chi connectivity index (χ2v) is 4.50. The lowest BCUT2D eigenvalue weighted by molar-refractivity contribution is 0.178. The van der Waals surface area contributed by atoms with E-state index in [-0.39, 0.29) is 0 Å². The molecule has 0 aliphatic carbocycles. The highest BCUT2D eigenvalue weighted by Gasteiger charge is 2.06. The van der Waals surface area contributed by atoms with Gasteiger partial charge in [0, 0.05) is 18.9 Å². The van der Waals surface area contributed by atoms with Crippen LogP contribution in [0.5, 0.6) is 0 Å². The van der Waals surface area contributed by atoms with E-state index in [1.807, 2.05) is 12.1 Å². The lowest BCUT2D eigenvalue weighted by Gasteiger charge is -2.12. The average Bonchev–Trinajstić information content (AvgIpc) is 2.44. The molecule has 0 fully saturated rings. The number of nitrogen functional groups attached to an aromatic ring is 1. The third-order valence-corrected chi connectivity index (χ3v) is 3.06.